The summed E-state index contributed by atoms with van der Waals surface area (Å²) in [6.07, 6.45) is 10.5. The van der Waals surface area contributed by atoms with Gasteiger partial charge in [0, 0.05) is 30.6 Å². The topological polar surface area (TPSA) is 75.4 Å². The van der Waals surface area contributed by atoms with Gasteiger partial charge in [-0.3, -0.25) is 14.2 Å². The molecular formula is C28H39N3O3. The molecule has 1 aliphatic heterocycles. The molecule has 6 heteroatoms. The van der Waals surface area contributed by atoms with Crippen molar-refractivity contribution in [3.8, 4) is 11.3 Å². The lowest BCUT2D eigenvalue weighted by molar-refractivity contribution is -0.141. The van der Waals surface area contributed by atoms with E-state index in [4.69, 9.17) is 0 Å². The number of aliphatic hydroxyl groups is 1. The van der Waals surface area contributed by atoms with Crippen molar-refractivity contribution in [3.63, 3.8) is 0 Å². The van der Waals surface area contributed by atoms with Gasteiger partial charge in [0.15, 0.2) is 0 Å². The molecule has 2 heterocycles. The molecule has 2 atom stereocenters. The Morgan fingerprint density at radius 3 is 2.44 bits per heavy atom. The van der Waals surface area contributed by atoms with Crippen LogP contribution in [0.2, 0.25) is 0 Å². The van der Waals surface area contributed by atoms with Gasteiger partial charge in [-0.2, -0.15) is 0 Å². The Kier molecular flexibility index (Phi) is 7.87. The van der Waals surface area contributed by atoms with E-state index >= 15 is 0 Å². The molecule has 1 aliphatic carbocycles. The summed E-state index contributed by atoms with van der Waals surface area (Å²) >= 11 is 0. The van der Waals surface area contributed by atoms with Gasteiger partial charge in [-0.15, -0.1) is 0 Å². The van der Waals surface area contributed by atoms with Crippen LogP contribution in [0.5, 0.6) is 0 Å². The largest absolute Gasteiger partial charge is 0.388 e. The zero-order valence-corrected chi connectivity index (χ0v) is 20.7. The van der Waals surface area contributed by atoms with Crippen LogP contribution in [-0.4, -0.2) is 44.2 Å². The molecule has 184 valence electrons. The van der Waals surface area contributed by atoms with Crippen molar-refractivity contribution in [2.75, 3.05) is 13.1 Å². The van der Waals surface area contributed by atoms with E-state index in [-0.39, 0.29) is 23.4 Å². The smallest absolute Gasteiger partial charge is 0.254 e. The number of rotatable bonds is 7. The number of likely N-dealkylation sites (tertiary alicyclic amines) is 1. The fourth-order valence-electron chi connectivity index (χ4n) is 6.03. The molecule has 2 aliphatic rings. The molecule has 0 spiro atoms. The highest BCUT2D eigenvalue weighted by molar-refractivity contribution is 5.78. The summed E-state index contributed by atoms with van der Waals surface area (Å²) in [6.45, 7) is 5.12. The van der Waals surface area contributed by atoms with E-state index in [1.54, 1.807) is 17.0 Å². The summed E-state index contributed by atoms with van der Waals surface area (Å²) in [7, 11) is 0. The molecule has 2 aromatic rings. The second-order valence-corrected chi connectivity index (χ2v) is 10.4. The molecule has 1 saturated carbocycles. The van der Waals surface area contributed by atoms with Crippen molar-refractivity contribution >= 4 is 5.91 Å². The van der Waals surface area contributed by atoms with E-state index in [9.17, 15) is 14.7 Å². The molecule has 1 aromatic carbocycles. The Bertz CT molecular complexity index is 1010. The number of aromatic nitrogens is 2. The van der Waals surface area contributed by atoms with Gasteiger partial charge in [-0.05, 0) is 31.6 Å². The molecule has 34 heavy (non-hydrogen) atoms. The van der Waals surface area contributed by atoms with Crippen molar-refractivity contribution in [1.82, 2.24) is 14.5 Å². The lowest BCUT2D eigenvalue weighted by Gasteiger charge is -2.43. The number of hydrogen-bond donors (Lipinski definition) is 1. The third-order valence-corrected chi connectivity index (χ3v) is 8.02. The maximum Gasteiger partial charge on any atom is 0.254 e. The zero-order chi connectivity index (χ0) is 24.1. The van der Waals surface area contributed by atoms with Crippen LogP contribution in [0, 0.1) is 11.8 Å². The van der Waals surface area contributed by atoms with E-state index in [1.807, 2.05) is 42.2 Å². The van der Waals surface area contributed by atoms with E-state index in [0.717, 1.165) is 12.0 Å². The van der Waals surface area contributed by atoms with Crippen LogP contribution in [0.4, 0.5) is 0 Å². The van der Waals surface area contributed by atoms with E-state index in [2.05, 4.69) is 11.9 Å². The monoisotopic (exact) mass is 465 g/mol. The predicted molar refractivity (Wildman–Crippen MR) is 134 cm³/mol. The van der Waals surface area contributed by atoms with Crippen LogP contribution in [0.15, 0.2) is 47.5 Å². The number of carbonyl (C=O) groups is 1. The average Bonchev–Trinajstić information content (AvgIpc) is 2.86. The summed E-state index contributed by atoms with van der Waals surface area (Å²) in [4.78, 5) is 32.5. The molecule has 1 saturated heterocycles. The first-order valence-corrected chi connectivity index (χ1v) is 13.1. The number of benzene rings is 1. The van der Waals surface area contributed by atoms with Crippen molar-refractivity contribution in [2.45, 2.75) is 83.3 Å². The molecule has 0 unspecified atom stereocenters. The fraction of sp³-hybridized carbons (Fsp3) is 0.607. The fourth-order valence-corrected chi connectivity index (χ4v) is 6.03. The maximum atomic E-state index is 13.1. The first-order valence-electron chi connectivity index (χ1n) is 13.1. The van der Waals surface area contributed by atoms with Crippen LogP contribution in [-0.2, 0) is 4.79 Å². The van der Waals surface area contributed by atoms with Crippen LogP contribution < -0.4 is 5.56 Å². The number of amides is 1. The predicted octanol–water partition coefficient (Wildman–Crippen LogP) is 4.82. The van der Waals surface area contributed by atoms with Gasteiger partial charge >= 0.3 is 0 Å². The van der Waals surface area contributed by atoms with Gasteiger partial charge in [0.2, 0.25) is 5.91 Å². The van der Waals surface area contributed by atoms with Crippen molar-refractivity contribution < 1.29 is 9.90 Å². The van der Waals surface area contributed by atoms with Crippen LogP contribution in [0.3, 0.4) is 0 Å². The summed E-state index contributed by atoms with van der Waals surface area (Å²) in [6, 6.07) is 10.8. The van der Waals surface area contributed by atoms with Gasteiger partial charge in [-0.25, -0.2) is 4.98 Å². The van der Waals surface area contributed by atoms with Gasteiger partial charge in [0.1, 0.15) is 0 Å². The highest BCUT2D eigenvalue weighted by atomic mass is 16.3. The number of hydrogen-bond acceptors (Lipinski definition) is 4. The summed E-state index contributed by atoms with van der Waals surface area (Å²) in [5, 5.41) is 11.6. The second kappa shape index (κ2) is 10.9. The molecule has 1 aromatic heterocycles. The number of nitrogens with zero attached hydrogens (tertiary/aromatic N) is 3. The highest BCUT2D eigenvalue weighted by Gasteiger charge is 2.42. The Labute approximate surface area is 203 Å². The third kappa shape index (κ3) is 5.43. The van der Waals surface area contributed by atoms with Crippen molar-refractivity contribution in [1.29, 1.82) is 0 Å². The quantitative estimate of drug-likeness (QED) is 0.636. The Balaban J connectivity index is 1.41. The molecule has 0 bridgehead atoms. The minimum atomic E-state index is -1.03. The summed E-state index contributed by atoms with van der Waals surface area (Å²) in [5.41, 5.74) is 0.343. The number of piperidine rings is 1. The van der Waals surface area contributed by atoms with E-state index in [1.165, 1.54) is 32.1 Å². The first-order chi connectivity index (χ1) is 16.4. The SMILES string of the molecule is CC[C@H](n1cnc(-c2ccccc2)cc1=O)C1(O)CCN(C(=O)[C@H](C)CC2CCCCC2)CC1. The molecule has 1 amide bonds. The van der Waals surface area contributed by atoms with Crippen LogP contribution >= 0.6 is 0 Å². The third-order valence-electron chi connectivity index (χ3n) is 8.02. The minimum absolute atomic E-state index is 0.0358. The minimum Gasteiger partial charge on any atom is -0.388 e. The molecule has 6 nitrogen and oxygen atoms in total. The molecule has 0 radical (unpaired) electrons. The van der Waals surface area contributed by atoms with Crippen LogP contribution in [0.25, 0.3) is 11.3 Å². The second-order valence-electron chi connectivity index (χ2n) is 10.4. The standard InChI is InChI=1S/C28H39N3O3/c1-3-25(31-20-29-24(19-26(31)32)23-12-8-5-9-13-23)28(34)14-16-30(17-15-28)27(33)21(2)18-22-10-6-4-7-11-22/h5,8-9,12-13,19-22,25,34H,3-4,6-7,10-11,14-18H2,1-2H3/t21-,25+/m1/s1. The lowest BCUT2D eigenvalue weighted by atomic mass is 9.81. The Morgan fingerprint density at radius 1 is 1.15 bits per heavy atom. The highest BCUT2D eigenvalue weighted by Crippen LogP contribution is 2.36. The van der Waals surface area contributed by atoms with Crippen LogP contribution in [0.1, 0.15) is 77.7 Å². The summed E-state index contributed by atoms with van der Waals surface area (Å²) in [5.74, 6) is 0.928. The van der Waals surface area contributed by atoms with Gasteiger partial charge in [0.05, 0.1) is 23.7 Å². The molecular weight excluding hydrogens is 426 g/mol. The summed E-state index contributed by atoms with van der Waals surface area (Å²) < 4.78 is 1.58. The van der Waals surface area contributed by atoms with Crippen molar-refractivity contribution in [3.05, 3.63) is 53.1 Å². The first kappa shape index (κ1) is 24.6. The van der Waals surface area contributed by atoms with Crippen molar-refractivity contribution in [2.24, 2.45) is 11.8 Å². The Hall–Kier alpha value is -2.47. The van der Waals surface area contributed by atoms with E-state index < -0.39 is 5.60 Å². The molecule has 2 fully saturated rings. The lowest BCUT2D eigenvalue weighted by Crippen LogP contribution is -2.53. The van der Waals surface area contributed by atoms with Gasteiger partial charge < -0.3 is 10.0 Å². The Morgan fingerprint density at radius 2 is 1.82 bits per heavy atom. The maximum absolute atomic E-state index is 13.1. The molecule has 1 N–H and O–H groups in total. The average molecular weight is 466 g/mol. The normalized spacial score (nSPS) is 20.6. The van der Waals surface area contributed by atoms with Gasteiger partial charge in [-0.1, -0.05) is 76.3 Å². The van der Waals surface area contributed by atoms with Gasteiger partial charge in [0.25, 0.3) is 5.56 Å². The zero-order valence-electron chi connectivity index (χ0n) is 20.7. The van der Waals surface area contributed by atoms with E-state index in [0.29, 0.717) is 44.0 Å². The number of carbonyl (C=O) groups excluding carboxylic acids is 1. The molecule has 4 rings (SSSR count).